The van der Waals surface area contributed by atoms with Crippen molar-refractivity contribution in [1.82, 2.24) is 9.62 Å². The Morgan fingerprint density at radius 3 is 2.46 bits per heavy atom. The number of ether oxygens (including phenoxy) is 2. The summed E-state index contributed by atoms with van der Waals surface area (Å²) in [5, 5.41) is 2.84. The van der Waals surface area contributed by atoms with Gasteiger partial charge in [-0.2, -0.15) is 4.31 Å². The fourth-order valence-electron chi connectivity index (χ4n) is 2.96. The average Bonchev–Trinajstić information content (AvgIpc) is 2.73. The maximum Gasteiger partial charge on any atom is 0.251 e. The maximum absolute atomic E-state index is 12.8. The van der Waals surface area contributed by atoms with Crippen LogP contribution in [0.1, 0.15) is 21.5 Å². The van der Waals surface area contributed by atoms with Crippen LogP contribution in [0.2, 0.25) is 0 Å². The molecule has 1 fully saturated rings. The molecule has 0 aromatic heterocycles. The highest BCUT2D eigenvalue weighted by molar-refractivity contribution is 7.89. The number of carbonyl (C=O) groups is 1. The second kappa shape index (κ2) is 8.72. The van der Waals surface area contributed by atoms with E-state index < -0.39 is 10.0 Å². The van der Waals surface area contributed by atoms with E-state index in [0.717, 1.165) is 11.3 Å². The molecule has 150 valence electrons. The fourth-order valence-corrected chi connectivity index (χ4v) is 4.40. The van der Waals surface area contributed by atoms with Crippen molar-refractivity contribution in [3.8, 4) is 5.75 Å². The van der Waals surface area contributed by atoms with E-state index in [0.29, 0.717) is 44.0 Å². The lowest BCUT2D eigenvalue weighted by atomic mass is 10.1. The molecule has 0 aliphatic carbocycles. The summed E-state index contributed by atoms with van der Waals surface area (Å²) in [5.41, 5.74) is 1.99. The molecule has 2 aromatic carbocycles. The van der Waals surface area contributed by atoms with Crippen molar-refractivity contribution >= 4 is 15.9 Å². The third-order valence-electron chi connectivity index (χ3n) is 4.67. The van der Waals surface area contributed by atoms with Gasteiger partial charge in [-0.1, -0.05) is 18.2 Å². The van der Waals surface area contributed by atoms with Gasteiger partial charge in [0.15, 0.2) is 0 Å². The van der Waals surface area contributed by atoms with Gasteiger partial charge in [-0.25, -0.2) is 8.42 Å². The van der Waals surface area contributed by atoms with Gasteiger partial charge < -0.3 is 14.8 Å². The molecule has 1 amide bonds. The molecule has 0 spiro atoms. The second-order valence-electron chi connectivity index (χ2n) is 6.52. The summed E-state index contributed by atoms with van der Waals surface area (Å²) in [6.45, 7) is 3.50. The number of carbonyl (C=O) groups excluding carboxylic acids is 1. The zero-order chi connectivity index (χ0) is 20.1. The highest BCUT2D eigenvalue weighted by atomic mass is 32.2. The molecule has 1 saturated heterocycles. The molecule has 0 radical (unpaired) electrons. The Hall–Kier alpha value is -2.42. The first-order valence-electron chi connectivity index (χ1n) is 9.01. The third-order valence-corrected chi connectivity index (χ3v) is 6.57. The monoisotopic (exact) mass is 404 g/mol. The molecule has 3 rings (SSSR count). The summed E-state index contributed by atoms with van der Waals surface area (Å²) in [5.74, 6) is 0.430. The van der Waals surface area contributed by atoms with Gasteiger partial charge >= 0.3 is 0 Å². The van der Waals surface area contributed by atoms with E-state index in [9.17, 15) is 13.2 Å². The Morgan fingerprint density at radius 2 is 1.82 bits per heavy atom. The van der Waals surface area contributed by atoms with Crippen LogP contribution in [0.15, 0.2) is 47.4 Å². The fraction of sp³-hybridized carbons (Fsp3) is 0.350. The summed E-state index contributed by atoms with van der Waals surface area (Å²) in [6, 6.07) is 12.0. The molecule has 0 saturated carbocycles. The number of rotatable bonds is 6. The van der Waals surface area contributed by atoms with Crippen molar-refractivity contribution in [1.29, 1.82) is 0 Å². The van der Waals surface area contributed by atoms with Crippen LogP contribution in [0.5, 0.6) is 5.75 Å². The lowest BCUT2D eigenvalue weighted by Crippen LogP contribution is -2.40. The van der Waals surface area contributed by atoms with Gasteiger partial charge in [-0.3, -0.25) is 4.79 Å². The van der Waals surface area contributed by atoms with Gasteiger partial charge in [-0.15, -0.1) is 0 Å². The van der Waals surface area contributed by atoms with Crippen molar-refractivity contribution < 1.29 is 22.7 Å². The molecule has 7 nitrogen and oxygen atoms in total. The number of nitrogens with one attached hydrogen (secondary N) is 1. The van der Waals surface area contributed by atoms with Gasteiger partial charge in [0.2, 0.25) is 10.0 Å². The molecule has 0 atom stereocenters. The highest BCUT2D eigenvalue weighted by Gasteiger charge is 2.27. The van der Waals surface area contributed by atoms with E-state index in [1.807, 2.05) is 24.3 Å². The standard InChI is InChI=1S/C20H24N2O5S/c1-15-3-8-18(28(24,25)22-9-11-27-12-10-22)13-19(15)20(23)21-14-16-4-6-17(26-2)7-5-16/h3-8,13H,9-12,14H2,1-2H3,(H,21,23). The van der Waals surface area contributed by atoms with Crippen LogP contribution in [0, 0.1) is 6.92 Å². The Bertz CT molecular complexity index is 936. The van der Waals surface area contributed by atoms with Crippen LogP contribution >= 0.6 is 0 Å². The van der Waals surface area contributed by atoms with E-state index in [1.165, 1.54) is 10.4 Å². The van der Waals surface area contributed by atoms with Gasteiger partial charge in [0.05, 0.1) is 25.2 Å². The summed E-state index contributed by atoms with van der Waals surface area (Å²) in [7, 11) is -2.06. The van der Waals surface area contributed by atoms with Crippen molar-refractivity contribution in [2.24, 2.45) is 0 Å². The molecule has 1 aliphatic rings. The topological polar surface area (TPSA) is 84.9 Å². The molecule has 0 bridgehead atoms. The first-order valence-corrected chi connectivity index (χ1v) is 10.5. The SMILES string of the molecule is COc1ccc(CNC(=O)c2cc(S(=O)(=O)N3CCOCC3)ccc2C)cc1. The quantitative estimate of drug-likeness (QED) is 0.796. The normalized spacial score (nSPS) is 15.2. The van der Waals surface area contributed by atoms with Crippen LogP contribution in [0.3, 0.4) is 0 Å². The molecule has 1 N–H and O–H groups in total. The maximum atomic E-state index is 12.8. The van der Waals surface area contributed by atoms with E-state index in [1.54, 1.807) is 26.2 Å². The van der Waals surface area contributed by atoms with Crippen molar-refractivity contribution in [3.05, 3.63) is 59.2 Å². The van der Waals surface area contributed by atoms with Crippen LogP contribution in [-0.2, 0) is 21.3 Å². The average molecular weight is 404 g/mol. The van der Waals surface area contributed by atoms with Crippen molar-refractivity contribution in [2.45, 2.75) is 18.4 Å². The number of sulfonamides is 1. The molecule has 2 aromatic rings. The molecule has 1 aliphatic heterocycles. The van der Waals surface area contributed by atoms with E-state index in [4.69, 9.17) is 9.47 Å². The third kappa shape index (κ3) is 4.52. The first kappa shape index (κ1) is 20.3. The molecule has 8 heteroatoms. The minimum absolute atomic E-state index is 0.120. The number of aryl methyl sites for hydroxylation is 1. The van der Waals surface area contributed by atoms with Crippen LogP contribution in [0.4, 0.5) is 0 Å². The Balaban J connectivity index is 1.75. The van der Waals surface area contributed by atoms with E-state index >= 15 is 0 Å². The molecule has 1 heterocycles. The predicted molar refractivity (Wildman–Crippen MR) is 105 cm³/mol. The number of amides is 1. The zero-order valence-corrected chi connectivity index (χ0v) is 16.8. The smallest absolute Gasteiger partial charge is 0.251 e. The van der Waals surface area contributed by atoms with Gasteiger partial charge in [-0.05, 0) is 42.3 Å². The minimum Gasteiger partial charge on any atom is -0.497 e. The van der Waals surface area contributed by atoms with Gasteiger partial charge in [0.25, 0.3) is 5.91 Å². The van der Waals surface area contributed by atoms with Crippen molar-refractivity contribution in [3.63, 3.8) is 0 Å². The van der Waals surface area contributed by atoms with Crippen LogP contribution in [-0.4, -0.2) is 52.0 Å². The number of hydrogen-bond donors (Lipinski definition) is 1. The number of nitrogens with zero attached hydrogens (tertiary/aromatic N) is 1. The minimum atomic E-state index is -3.65. The van der Waals surface area contributed by atoms with E-state index in [-0.39, 0.29) is 10.8 Å². The number of benzene rings is 2. The predicted octanol–water partition coefficient (Wildman–Crippen LogP) is 1.95. The van der Waals surface area contributed by atoms with Crippen LogP contribution in [0.25, 0.3) is 0 Å². The molecular weight excluding hydrogens is 380 g/mol. The van der Waals surface area contributed by atoms with E-state index in [2.05, 4.69) is 5.32 Å². The molecule has 28 heavy (non-hydrogen) atoms. The zero-order valence-electron chi connectivity index (χ0n) is 16.0. The van der Waals surface area contributed by atoms with Gasteiger partial charge in [0.1, 0.15) is 5.75 Å². The Morgan fingerprint density at radius 1 is 1.14 bits per heavy atom. The number of morpholine rings is 1. The summed E-state index contributed by atoms with van der Waals surface area (Å²) in [6.07, 6.45) is 0. The molecular formula is C20H24N2O5S. The Kier molecular flexibility index (Phi) is 6.33. The Labute approximate surface area is 165 Å². The van der Waals surface area contributed by atoms with Crippen molar-refractivity contribution in [2.75, 3.05) is 33.4 Å². The summed E-state index contributed by atoms with van der Waals surface area (Å²) < 4.78 is 37.4. The second-order valence-corrected chi connectivity index (χ2v) is 8.46. The van der Waals surface area contributed by atoms with Gasteiger partial charge in [0, 0.05) is 25.2 Å². The summed E-state index contributed by atoms with van der Waals surface area (Å²) in [4.78, 5) is 12.8. The lowest BCUT2D eigenvalue weighted by molar-refractivity contribution is 0.0730. The lowest BCUT2D eigenvalue weighted by Gasteiger charge is -2.26. The summed E-state index contributed by atoms with van der Waals surface area (Å²) >= 11 is 0. The highest BCUT2D eigenvalue weighted by Crippen LogP contribution is 2.21. The first-order chi connectivity index (χ1) is 13.4. The largest absolute Gasteiger partial charge is 0.497 e. The van der Waals surface area contributed by atoms with Crippen LogP contribution < -0.4 is 10.1 Å². The number of methoxy groups -OCH3 is 1. The molecule has 0 unspecified atom stereocenters. The number of hydrogen-bond acceptors (Lipinski definition) is 5.